The lowest BCUT2D eigenvalue weighted by molar-refractivity contribution is -0.138. The van der Waals surface area contributed by atoms with Crippen molar-refractivity contribution >= 4 is 16.9 Å². The maximum atomic E-state index is 13.9. The fourth-order valence-electron chi connectivity index (χ4n) is 2.17. The fraction of sp³-hybridized carbons (Fsp3) is 0.308. The number of carbonyl (C=O) groups is 1. The van der Waals surface area contributed by atoms with Crippen LogP contribution < -0.4 is 0 Å². The van der Waals surface area contributed by atoms with Crippen LogP contribution in [0.2, 0.25) is 0 Å². The monoisotopic (exact) mass is 236 g/mol. The Kier molecular flexibility index (Phi) is 2.65. The van der Waals surface area contributed by atoms with Gasteiger partial charge in [0.2, 0.25) is 0 Å². The van der Waals surface area contributed by atoms with Gasteiger partial charge in [0, 0.05) is 16.4 Å². The Morgan fingerprint density at radius 2 is 2.12 bits per heavy atom. The fourth-order valence-corrected chi connectivity index (χ4v) is 2.17. The van der Waals surface area contributed by atoms with Gasteiger partial charge in [-0.3, -0.25) is 4.79 Å². The highest BCUT2D eigenvalue weighted by Gasteiger charge is 2.29. The Labute approximate surface area is 97.9 Å². The summed E-state index contributed by atoms with van der Waals surface area (Å²) in [6, 6.07) is 4.52. The van der Waals surface area contributed by atoms with Crippen LogP contribution in [0.3, 0.4) is 0 Å². The van der Waals surface area contributed by atoms with Crippen molar-refractivity contribution < 1.29 is 18.7 Å². The first kappa shape index (κ1) is 11.6. The predicted octanol–water partition coefficient (Wildman–Crippen LogP) is 3.32. The molecule has 1 N–H and O–H groups in total. The Morgan fingerprint density at radius 1 is 1.41 bits per heavy atom. The van der Waals surface area contributed by atoms with Gasteiger partial charge in [-0.25, -0.2) is 4.39 Å². The zero-order valence-corrected chi connectivity index (χ0v) is 9.66. The van der Waals surface area contributed by atoms with Crippen molar-refractivity contribution in [3.05, 3.63) is 35.8 Å². The summed E-state index contributed by atoms with van der Waals surface area (Å²) in [4.78, 5) is 10.8. The minimum absolute atomic E-state index is 0.131. The van der Waals surface area contributed by atoms with E-state index in [0.29, 0.717) is 16.5 Å². The van der Waals surface area contributed by atoms with Crippen LogP contribution in [0.1, 0.15) is 25.8 Å². The first-order valence-corrected chi connectivity index (χ1v) is 5.30. The van der Waals surface area contributed by atoms with Crippen LogP contribution in [0.15, 0.2) is 28.9 Å². The molecule has 0 spiro atoms. The minimum Gasteiger partial charge on any atom is -0.481 e. The van der Waals surface area contributed by atoms with Crippen LogP contribution in [0.5, 0.6) is 0 Å². The Hall–Kier alpha value is -1.84. The summed E-state index contributed by atoms with van der Waals surface area (Å²) in [6.07, 6.45) is 1.35. The van der Waals surface area contributed by atoms with Crippen LogP contribution >= 0.6 is 0 Å². The quantitative estimate of drug-likeness (QED) is 0.889. The van der Waals surface area contributed by atoms with Crippen molar-refractivity contribution in [2.45, 2.75) is 25.7 Å². The van der Waals surface area contributed by atoms with Gasteiger partial charge in [-0.15, -0.1) is 0 Å². The molecule has 0 fully saturated rings. The summed E-state index contributed by atoms with van der Waals surface area (Å²) in [5.74, 6) is -1.35. The lowest BCUT2D eigenvalue weighted by Crippen LogP contribution is -2.23. The second-order valence-electron chi connectivity index (χ2n) is 4.71. The van der Waals surface area contributed by atoms with E-state index in [-0.39, 0.29) is 6.42 Å². The number of hydrogen-bond donors (Lipinski definition) is 1. The molecule has 0 saturated heterocycles. The molecule has 1 aromatic carbocycles. The van der Waals surface area contributed by atoms with Crippen LogP contribution in [0.4, 0.5) is 4.39 Å². The van der Waals surface area contributed by atoms with Gasteiger partial charge in [0.1, 0.15) is 11.4 Å². The molecule has 90 valence electrons. The van der Waals surface area contributed by atoms with Crippen LogP contribution in [0.25, 0.3) is 11.0 Å². The third-order valence-electron chi connectivity index (χ3n) is 2.85. The van der Waals surface area contributed by atoms with Gasteiger partial charge in [-0.2, -0.15) is 0 Å². The highest BCUT2D eigenvalue weighted by molar-refractivity contribution is 5.83. The Bertz CT molecular complexity index is 569. The van der Waals surface area contributed by atoms with Gasteiger partial charge in [0.15, 0.2) is 0 Å². The van der Waals surface area contributed by atoms with E-state index in [1.54, 1.807) is 26.0 Å². The highest BCUT2D eigenvalue weighted by Crippen LogP contribution is 2.35. The van der Waals surface area contributed by atoms with Crippen molar-refractivity contribution in [1.82, 2.24) is 0 Å². The molecule has 0 bridgehead atoms. The zero-order chi connectivity index (χ0) is 12.6. The lowest BCUT2D eigenvalue weighted by atomic mass is 9.79. The normalized spacial score (nSPS) is 11.9. The van der Waals surface area contributed by atoms with E-state index in [1.165, 1.54) is 12.3 Å². The highest BCUT2D eigenvalue weighted by atomic mass is 19.1. The molecule has 0 atom stereocenters. The topological polar surface area (TPSA) is 50.4 Å². The molecule has 0 amide bonds. The molecule has 0 aliphatic heterocycles. The molecular weight excluding hydrogens is 223 g/mol. The molecule has 0 radical (unpaired) electrons. The van der Waals surface area contributed by atoms with Crippen LogP contribution in [-0.4, -0.2) is 11.1 Å². The van der Waals surface area contributed by atoms with Gasteiger partial charge in [-0.1, -0.05) is 13.8 Å². The third kappa shape index (κ3) is 2.02. The molecule has 3 nitrogen and oxygen atoms in total. The first-order chi connectivity index (χ1) is 7.92. The number of hydrogen-bond acceptors (Lipinski definition) is 2. The molecule has 0 saturated carbocycles. The smallest absolute Gasteiger partial charge is 0.304 e. The predicted molar refractivity (Wildman–Crippen MR) is 61.5 cm³/mol. The first-order valence-electron chi connectivity index (χ1n) is 5.30. The van der Waals surface area contributed by atoms with Crippen molar-refractivity contribution in [3.8, 4) is 0 Å². The van der Waals surface area contributed by atoms with Crippen LogP contribution in [0, 0.1) is 5.82 Å². The number of carboxylic acid groups (broad SMARTS) is 1. The molecule has 0 unspecified atom stereocenters. The summed E-state index contributed by atoms with van der Waals surface area (Å²) < 4.78 is 19.1. The molecule has 1 heterocycles. The van der Waals surface area contributed by atoms with Gasteiger partial charge in [0.05, 0.1) is 12.7 Å². The van der Waals surface area contributed by atoms with E-state index < -0.39 is 17.2 Å². The number of halogens is 1. The van der Waals surface area contributed by atoms with Crippen molar-refractivity contribution in [2.24, 2.45) is 0 Å². The maximum Gasteiger partial charge on any atom is 0.304 e. The summed E-state index contributed by atoms with van der Waals surface area (Å²) >= 11 is 0. The van der Waals surface area contributed by atoms with Gasteiger partial charge in [0.25, 0.3) is 0 Å². The van der Waals surface area contributed by atoms with Crippen molar-refractivity contribution in [1.29, 1.82) is 0 Å². The molecule has 0 aliphatic carbocycles. The molecule has 4 heteroatoms. The average Bonchev–Trinajstić information content (AvgIpc) is 2.61. The maximum absolute atomic E-state index is 13.9. The number of fused-ring (bicyclic) bond motifs is 1. The summed E-state index contributed by atoms with van der Waals surface area (Å²) in [5, 5.41) is 9.51. The largest absolute Gasteiger partial charge is 0.481 e. The number of rotatable bonds is 3. The van der Waals surface area contributed by atoms with Crippen molar-refractivity contribution in [3.63, 3.8) is 0 Å². The number of furan rings is 1. The van der Waals surface area contributed by atoms with Gasteiger partial charge >= 0.3 is 5.97 Å². The van der Waals surface area contributed by atoms with Crippen molar-refractivity contribution in [2.75, 3.05) is 0 Å². The molecule has 0 aliphatic rings. The summed E-state index contributed by atoms with van der Waals surface area (Å²) in [5.41, 5.74) is 0.185. The molecule has 17 heavy (non-hydrogen) atoms. The third-order valence-corrected chi connectivity index (χ3v) is 2.85. The summed E-state index contributed by atoms with van der Waals surface area (Å²) in [6.45, 7) is 3.43. The summed E-state index contributed by atoms with van der Waals surface area (Å²) in [7, 11) is 0. The standard InChI is InChI=1S/C13H13FO3/c1-13(2,7-11(15)16)12-8-5-6-17-10(8)4-3-9(12)14/h3-6H,7H2,1-2H3,(H,15,16). The van der Waals surface area contributed by atoms with E-state index in [0.717, 1.165) is 0 Å². The zero-order valence-electron chi connectivity index (χ0n) is 9.66. The van der Waals surface area contributed by atoms with Gasteiger partial charge in [-0.05, 0) is 18.2 Å². The van der Waals surface area contributed by atoms with E-state index in [4.69, 9.17) is 9.52 Å². The number of aliphatic carboxylic acids is 1. The van der Waals surface area contributed by atoms with E-state index >= 15 is 0 Å². The SMILES string of the molecule is CC(C)(CC(=O)O)c1c(F)ccc2occc12. The van der Waals surface area contributed by atoms with Gasteiger partial charge < -0.3 is 9.52 Å². The molecular formula is C13H13FO3. The molecule has 2 aromatic rings. The van der Waals surface area contributed by atoms with E-state index in [9.17, 15) is 9.18 Å². The van der Waals surface area contributed by atoms with E-state index in [1.807, 2.05) is 0 Å². The second kappa shape index (κ2) is 3.87. The Balaban J connectivity index is 2.64. The number of benzene rings is 1. The molecule has 2 rings (SSSR count). The number of carboxylic acids is 1. The van der Waals surface area contributed by atoms with Crippen LogP contribution in [-0.2, 0) is 10.2 Å². The molecule has 1 aromatic heterocycles. The average molecular weight is 236 g/mol. The second-order valence-corrected chi connectivity index (χ2v) is 4.71. The van der Waals surface area contributed by atoms with E-state index in [2.05, 4.69) is 0 Å². The Morgan fingerprint density at radius 3 is 2.76 bits per heavy atom. The lowest BCUT2D eigenvalue weighted by Gasteiger charge is -2.24. The minimum atomic E-state index is -0.949.